The Balaban J connectivity index is 1.96. The van der Waals surface area contributed by atoms with Crippen molar-refractivity contribution in [1.29, 1.82) is 0 Å². The van der Waals surface area contributed by atoms with Crippen molar-refractivity contribution < 1.29 is 9.59 Å². The Morgan fingerprint density at radius 1 is 0.933 bits per heavy atom. The maximum atomic E-state index is 12.4. The van der Waals surface area contributed by atoms with E-state index in [-0.39, 0.29) is 23.3 Å². The van der Waals surface area contributed by atoms with E-state index in [0.29, 0.717) is 11.4 Å². The molecule has 30 heavy (non-hydrogen) atoms. The average Bonchev–Trinajstić information content (AvgIpc) is 2.63. The molecule has 0 aliphatic rings. The van der Waals surface area contributed by atoms with E-state index < -0.39 is 9.96 Å². The first-order valence-corrected chi connectivity index (χ1v) is 10.4. The lowest BCUT2D eigenvalue weighted by molar-refractivity contribution is -0.121. The summed E-state index contributed by atoms with van der Waals surface area (Å²) in [6.45, 7) is 3.39. The topological polar surface area (TPSA) is 82.3 Å². The first kappa shape index (κ1) is 24.2. The van der Waals surface area contributed by atoms with Crippen LogP contribution < -0.4 is 21.3 Å². The summed E-state index contributed by atoms with van der Waals surface area (Å²) in [5, 5.41) is 11.2. The van der Waals surface area contributed by atoms with Gasteiger partial charge >= 0.3 is 0 Å². The standard InChI is InChI=1S/C20H21Cl3N4O2S/c1-12-3-5-14(6-4-12)11-17(29)26-18(20(21,22)23)27-19(30)25-16-9-7-15(8-10-16)24-13(2)28/h3-10,18H,11H2,1-2H3,(H,24,28)(H,26,29)(H2,25,27,30). The molecule has 1 unspecified atom stereocenters. The van der Waals surface area contributed by atoms with E-state index in [1.165, 1.54) is 6.92 Å². The fourth-order valence-corrected chi connectivity index (χ4v) is 3.00. The number of anilines is 2. The van der Waals surface area contributed by atoms with Gasteiger partial charge in [0, 0.05) is 18.3 Å². The second kappa shape index (κ2) is 10.8. The third-order valence-corrected chi connectivity index (χ3v) is 4.73. The third kappa shape index (κ3) is 8.36. The Hall–Kier alpha value is -2.06. The molecule has 0 spiro atoms. The number of carbonyl (C=O) groups excluding carboxylic acids is 2. The van der Waals surface area contributed by atoms with Crippen LogP contribution in [0.3, 0.4) is 0 Å². The molecule has 0 saturated carbocycles. The fourth-order valence-electron chi connectivity index (χ4n) is 2.44. The molecule has 0 aliphatic heterocycles. The highest BCUT2D eigenvalue weighted by Crippen LogP contribution is 2.29. The zero-order valence-corrected chi connectivity index (χ0v) is 19.3. The van der Waals surface area contributed by atoms with Crippen LogP contribution in [-0.4, -0.2) is 26.9 Å². The van der Waals surface area contributed by atoms with Gasteiger partial charge in [-0.05, 0) is 49.0 Å². The van der Waals surface area contributed by atoms with Crippen LogP contribution in [0.5, 0.6) is 0 Å². The first-order valence-electron chi connectivity index (χ1n) is 8.90. The zero-order chi connectivity index (χ0) is 22.3. The number of hydrogen-bond donors (Lipinski definition) is 4. The van der Waals surface area contributed by atoms with Crippen LogP contribution in [0.4, 0.5) is 11.4 Å². The van der Waals surface area contributed by atoms with E-state index in [9.17, 15) is 9.59 Å². The smallest absolute Gasteiger partial charge is 0.228 e. The van der Waals surface area contributed by atoms with Crippen LogP contribution >= 0.6 is 47.0 Å². The van der Waals surface area contributed by atoms with Crippen molar-refractivity contribution in [2.75, 3.05) is 10.6 Å². The monoisotopic (exact) mass is 486 g/mol. The van der Waals surface area contributed by atoms with Gasteiger partial charge < -0.3 is 21.3 Å². The molecule has 2 rings (SSSR count). The molecule has 2 aromatic carbocycles. The lowest BCUT2D eigenvalue weighted by Gasteiger charge is -2.27. The summed E-state index contributed by atoms with van der Waals surface area (Å²) in [7, 11) is 0. The number of benzene rings is 2. The molecule has 0 radical (unpaired) electrons. The summed E-state index contributed by atoms with van der Waals surface area (Å²) in [6, 6.07) is 14.4. The van der Waals surface area contributed by atoms with E-state index in [1.54, 1.807) is 24.3 Å². The molecular weight excluding hydrogens is 467 g/mol. The van der Waals surface area contributed by atoms with E-state index in [1.807, 2.05) is 31.2 Å². The second-order valence-electron chi connectivity index (χ2n) is 6.56. The molecule has 1 atom stereocenters. The number of aryl methyl sites for hydroxylation is 1. The zero-order valence-electron chi connectivity index (χ0n) is 16.3. The summed E-state index contributed by atoms with van der Waals surface area (Å²) in [4.78, 5) is 23.5. The van der Waals surface area contributed by atoms with Crippen LogP contribution in [0.15, 0.2) is 48.5 Å². The van der Waals surface area contributed by atoms with Crippen LogP contribution in [0, 0.1) is 6.92 Å². The molecule has 0 bridgehead atoms. The van der Waals surface area contributed by atoms with Gasteiger partial charge in [-0.2, -0.15) is 0 Å². The lowest BCUT2D eigenvalue weighted by Crippen LogP contribution is -2.56. The van der Waals surface area contributed by atoms with Crippen molar-refractivity contribution in [1.82, 2.24) is 10.6 Å². The molecule has 2 aromatic rings. The molecule has 10 heteroatoms. The summed E-state index contributed by atoms with van der Waals surface area (Å²) in [6.07, 6.45) is -0.927. The second-order valence-corrected chi connectivity index (χ2v) is 9.34. The predicted octanol–water partition coefficient (Wildman–Crippen LogP) is 4.30. The summed E-state index contributed by atoms with van der Waals surface area (Å²) >= 11 is 23.3. The Morgan fingerprint density at radius 3 is 1.97 bits per heavy atom. The number of amides is 2. The highest BCUT2D eigenvalue weighted by molar-refractivity contribution is 7.80. The lowest BCUT2D eigenvalue weighted by atomic mass is 10.1. The minimum atomic E-state index is -1.84. The third-order valence-electron chi connectivity index (χ3n) is 3.86. The Bertz CT molecular complexity index is 900. The Morgan fingerprint density at radius 2 is 1.47 bits per heavy atom. The number of alkyl halides is 3. The Kier molecular flexibility index (Phi) is 8.73. The molecule has 160 valence electrons. The van der Waals surface area contributed by atoms with Crippen molar-refractivity contribution >= 4 is 75.3 Å². The van der Waals surface area contributed by atoms with Gasteiger partial charge in [0.05, 0.1) is 6.42 Å². The molecule has 2 amide bonds. The molecule has 6 nitrogen and oxygen atoms in total. The molecule has 0 fully saturated rings. The summed E-state index contributed by atoms with van der Waals surface area (Å²) in [5.41, 5.74) is 3.23. The van der Waals surface area contributed by atoms with Crippen molar-refractivity contribution in [2.24, 2.45) is 0 Å². The molecular formula is C20H21Cl3N4O2S. The van der Waals surface area contributed by atoms with E-state index in [2.05, 4.69) is 21.3 Å². The number of rotatable bonds is 6. The SMILES string of the molecule is CC(=O)Nc1ccc(NC(=S)NC(NC(=O)Cc2ccc(C)cc2)C(Cl)(Cl)Cl)cc1. The fraction of sp³-hybridized carbons (Fsp3) is 0.250. The Labute approximate surface area is 195 Å². The van der Waals surface area contributed by atoms with Crippen molar-refractivity contribution in [3.05, 3.63) is 59.7 Å². The van der Waals surface area contributed by atoms with Gasteiger partial charge in [-0.25, -0.2) is 0 Å². The normalized spacial score (nSPS) is 11.9. The maximum Gasteiger partial charge on any atom is 0.228 e. The largest absolute Gasteiger partial charge is 0.339 e. The number of carbonyl (C=O) groups is 2. The van der Waals surface area contributed by atoms with Gasteiger partial charge in [0.25, 0.3) is 0 Å². The number of nitrogens with one attached hydrogen (secondary N) is 4. The highest BCUT2D eigenvalue weighted by Gasteiger charge is 2.34. The minimum absolute atomic E-state index is 0.129. The van der Waals surface area contributed by atoms with Crippen LogP contribution in [0.1, 0.15) is 18.1 Å². The molecule has 0 aliphatic carbocycles. The van der Waals surface area contributed by atoms with Crippen LogP contribution in [0.2, 0.25) is 0 Å². The van der Waals surface area contributed by atoms with E-state index in [0.717, 1.165) is 11.1 Å². The predicted molar refractivity (Wildman–Crippen MR) is 127 cm³/mol. The number of hydrogen-bond acceptors (Lipinski definition) is 3. The van der Waals surface area contributed by atoms with E-state index in [4.69, 9.17) is 47.0 Å². The van der Waals surface area contributed by atoms with Gasteiger partial charge in [-0.15, -0.1) is 0 Å². The van der Waals surface area contributed by atoms with Crippen molar-refractivity contribution in [3.8, 4) is 0 Å². The molecule has 0 heterocycles. The summed E-state index contributed by atoms with van der Waals surface area (Å²) in [5.74, 6) is -0.495. The van der Waals surface area contributed by atoms with Gasteiger partial charge in [-0.1, -0.05) is 64.6 Å². The van der Waals surface area contributed by atoms with Gasteiger partial charge in [0.1, 0.15) is 6.17 Å². The van der Waals surface area contributed by atoms with Gasteiger partial charge in [0.15, 0.2) is 5.11 Å². The molecule has 0 saturated heterocycles. The van der Waals surface area contributed by atoms with Gasteiger partial charge in [-0.3, -0.25) is 9.59 Å². The van der Waals surface area contributed by atoms with Crippen LogP contribution in [0.25, 0.3) is 0 Å². The maximum absolute atomic E-state index is 12.4. The molecule has 4 N–H and O–H groups in total. The van der Waals surface area contributed by atoms with Crippen LogP contribution in [-0.2, 0) is 16.0 Å². The van der Waals surface area contributed by atoms with Crippen molar-refractivity contribution in [2.45, 2.75) is 30.2 Å². The average molecular weight is 488 g/mol. The number of thiocarbonyl (C=S) groups is 1. The van der Waals surface area contributed by atoms with Gasteiger partial charge in [0.2, 0.25) is 15.6 Å². The van der Waals surface area contributed by atoms with E-state index >= 15 is 0 Å². The highest BCUT2D eigenvalue weighted by atomic mass is 35.6. The van der Waals surface area contributed by atoms with Crippen molar-refractivity contribution in [3.63, 3.8) is 0 Å². The quantitative estimate of drug-likeness (QED) is 0.277. The first-order chi connectivity index (χ1) is 14.0. The number of halogens is 3. The summed E-state index contributed by atoms with van der Waals surface area (Å²) < 4.78 is -1.84. The minimum Gasteiger partial charge on any atom is -0.339 e. The molecule has 0 aromatic heterocycles.